The molecule has 1 aromatic carbocycles. The Labute approximate surface area is 120 Å². The van der Waals surface area contributed by atoms with Crippen LogP contribution in [0, 0.1) is 12.8 Å². The first kappa shape index (κ1) is 14.9. The maximum atomic E-state index is 11.6. The molecule has 1 aliphatic carbocycles. The molecule has 110 valence electrons. The molecule has 0 heterocycles. The summed E-state index contributed by atoms with van der Waals surface area (Å²) in [7, 11) is 1.68. The highest BCUT2D eigenvalue weighted by molar-refractivity contribution is 5.77. The fraction of sp³-hybridized carbons (Fsp3) is 0.562. The average Bonchev–Trinajstić information content (AvgIpc) is 3.25. The zero-order valence-electron chi connectivity index (χ0n) is 12.4. The Balaban J connectivity index is 1.65. The highest BCUT2D eigenvalue weighted by Gasteiger charge is 2.20. The standard InChI is InChI=1S/C16H24N2O2/c1-12-3-4-13(9-15(12)20-2)7-8-18-16(19)11-17-10-14-5-6-14/h3-4,9,14,17H,5-8,10-11H2,1-2H3,(H,18,19). The van der Waals surface area contributed by atoms with Gasteiger partial charge in [0.2, 0.25) is 5.91 Å². The Morgan fingerprint density at radius 3 is 2.90 bits per heavy atom. The van der Waals surface area contributed by atoms with Crippen LogP contribution in [0.4, 0.5) is 0 Å². The summed E-state index contributed by atoms with van der Waals surface area (Å²) < 4.78 is 5.30. The minimum atomic E-state index is 0.0738. The summed E-state index contributed by atoms with van der Waals surface area (Å²) >= 11 is 0. The van der Waals surface area contributed by atoms with Gasteiger partial charge in [0, 0.05) is 6.54 Å². The topological polar surface area (TPSA) is 50.4 Å². The first-order valence-corrected chi connectivity index (χ1v) is 7.30. The molecule has 0 saturated heterocycles. The van der Waals surface area contributed by atoms with E-state index in [-0.39, 0.29) is 5.91 Å². The van der Waals surface area contributed by atoms with Gasteiger partial charge in [-0.05, 0) is 55.8 Å². The fourth-order valence-electron chi connectivity index (χ4n) is 2.14. The third-order valence-corrected chi connectivity index (χ3v) is 3.62. The van der Waals surface area contributed by atoms with E-state index in [4.69, 9.17) is 4.74 Å². The first-order valence-electron chi connectivity index (χ1n) is 7.30. The van der Waals surface area contributed by atoms with Gasteiger partial charge >= 0.3 is 0 Å². The lowest BCUT2D eigenvalue weighted by Gasteiger charge is -2.09. The van der Waals surface area contributed by atoms with Gasteiger partial charge in [0.25, 0.3) is 0 Å². The van der Waals surface area contributed by atoms with E-state index in [1.807, 2.05) is 19.1 Å². The summed E-state index contributed by atoms with van der Waals surface area (Å²) in [5.74, 6) is 1.78. The zero-order valence-corrected chi connectivity index (χ0v) is 12.4. The van der Waals surface area contributed by atoms with Crippen LogP contribution in [0.25, 0.3) is 0 Å². The predicted molar refractivity (Wildman–Crippen MR) is 80.0 cm³/mol. The van der Waals surface area contributed by atoms with Crippen molar-refractivity contribution in [2.45, 2.75) is 26.2 Å². The van der Waals surface area contributed by atoms with Crippen molar-refractivity contribution >= 4 is 5.91 Å². The van der Waals surface area contributed by atoms with E-state index in [0.29, 0.717) is 13.1 Å². The third kappa shape index (κ3) is 4.85. The van der Waals surface area contributed by atoms with Crippen molar-refractivity contribution in [2.24, 2.45) is 5.92 Å². The van der Waals surface area contributed by atoms with Gasteiger partial charge in [-0.15, -0.1) is 0 Å². The SMILES string of the molecule is COc1cc(CCNC(=O)CNCC2CC2)ccc1C. The normalized spacial score (nSPS) is 14.1. The number of methoxy groups -OCH3 is 1. The summed E-state index contributed by atoms with van der Waals surface area (Å²) in [6.45, 7) is 4.09. The van der Waals surface area contributed by atoms with Crippen LogP contribution in [0.1, 0.15) is 24.0 Å². The third-order valence-electron chi connectivity index (χ3n) is 3.62. The number of hydrogen-bond donors (Lipinski definition) is 2. The minimum Gasteiger partial charge on any atom is -0.496 e. The Hall–Kier alpha value is -1.55. The van der Waals surface area contributed by atoms with Gasteiger partial charge in [0.1, 0.15) is 5.75 Å². The zero-order chi connectivity index (χ0) is 14.4. The predicted octanol–water partition coefficient (Wildman–Crippen LogP) is 1.66. The van der Waals surface area contributed by atoms with Gasteiger partial charge < -0.3 is 15.4 Å². The number of aryl methyl sites for hydroxylation is 1. The van der Waals surface area contributed by atoms with Gasteiger partial charge in [-0.2, -0.15) is 0 Å². The van der Waals surface area contributed by atoms with E-state index in [1.165, 1.54) is 18.4 Å². The highest BCUT2D eigenvalue weighted by Crippen LogP contribution is 2.27. The lowest BCUT2D eigenvalue weighted by molar-refractivity contribution is -0.120. The fourth-order valence-corrected chi connectivity index (χ4v) is 2.14. The van der Waals surface area contributed by atoms with Crippen molar-refractivity contribution in [2.75, 3.05) is 26.7 Å². The Kier molecular flexibility index (Phi) is 5.41. The van der Waals surface area contributed by atoms with Gasteiger partial charge in [-0.1, -0.05) is 12.1 Å². The molecule has 0 radical (unpaired) electrons. The first-order chi connectivity index (χ1) is 9.69. The molecule has 4 heteroatoms. The van der Waals surface area contributed by atoms with Crippen molar-refractivity contribution in [3.8, 4) is 5.75 Å². The van der Waals surface area contributed by atoms with Gasteiger partial charge in [-0.3, -0.25) is 4.79 Å². The number of carbonyl (C=O) groups excluding carboxylic acids is 1. The largest absolute Gasteiger partial charge is 0.496 e. The molecule has 1 amide bonds. The summed E-state index contributed by atoms with van der Waals surface area (Å²) in [6, 6.07) is 6.16. The number of benzene rings is 1. The highest BCUT2D eigenvalue weighted by atomic mass is 16.5. The second-order valence-electron chi connectivity index (χ2n) is 5.48. The lowest BCUT2D eigenvalue weighted by atomic mass is 10.1. The maximum Gasteiger partial charge on any atom is 0.233 e. The van der Waals surface area contributed by atoms with Gasteiger partial charge in [-0.25, -0.2) is 0 Å². The van der Waals surface area contributed by atoms with Crippen LogP contribution in [0.15, 0.2) is 18.2 Å². The van der Waals surface area contributed by atoms with Crippen molar-refractivity contribution in [1.29, 1.82) is 0 Å². The summed E-state index contributed by atoms with van der Waals surface area (Å²) in [5, 5.41) is 6.12. The molecule has 4 nitrogen and oxygen atoms in total. The minimum absolute atomic E-state index is 0.0738. The van der Waals surface area contributed by atoms with Crippen LogP contribution in [-0.2, 0) is 11.2 Å². The van der Waals surface area contributed by atoms with Crippen molar-refractivity contribution in [3.05, 3.63) is 29.3 Å². The number of hydrogen-bond acceptors (Lipinski definition) is 3. The molecule has 20 heavy (non-hydrogen) atoms. The van der Waals surface area contributed by atoms with E-state index in [2.05, 4.69) is 16.7 Å². The Morgan fingerprint density at radius 1 is 1.40 bits per heavy atom. The summed E-state index contributed by atoms with van der Waals surface area (Å²) in [6.07, 6.45) is 3.44. The molecule has 1 aromatic rings. The van der Waals surface area contributed by atoms with E-state index in [0.717, 1.165) is 30.2 Å². The molecule has 0 unspecified atom stereocenters. The monoisotopic (exact) mass is 276 g/mol. The Morgan fingerprint density at radius 2 is 2.20 bits per heavy atom. The molecule has 0 aliphatic heterocycles. The molecule has 0 aromatic heterocycles. The van der Waals surface area contributed by atoms with Crippen LogP contribution in [0.2, 0.25) is 0 Å². The van der Waals surface area contributed by atoms with Crippen molar-refractivity contribution in [3.63, 3.8) is 0 Å². The number of amides is 1. The number of ether oxygens (including phenoxy) is 1. The average molecular weight is 276 g/mol. The molecule has 0 spiro atoms. The Bertz CT molecular complexity index is 456. The van der Waals surface area contributed by atoms with Gasteiger partial charge in [0.15, 0.2) is 0 Å². The van der Waals surface area contributed by atoms with Crippen LogP contribution in [0.3, 0.4) is 0 Å². The second kappa shape index (κ2) is 7.29. The summed E-state index contributed by atoms with van der Waals surface area (Å²) in [5.41, 5.74) is 2.31. The van der Waals surface area contributed by atoms with Gasteiger partial charge in [0.05, 0.1) is 13.7 Å². The number of nitrogens with one attached hydrogen (secondary N) is 2. The summed E-state index contributed by atoms with van der Waals surface area (Å²) in [4.78, 5) is 11.6. The van der Waals surface area contributed by atoms with Crippen LogP contribution >= 0.6 is 0 Å². The smallest absolute Gasteiger partial charge is 0.233 e. The quantitative estimate of drug-likeness (QED) is 0.759. The maximum absolute atomic E-state index is 11.6. The number of rotatable bonds is 8. The van der Waals surface area contributed by atoms with Crippen LogP contribution in [0.5, 0.6) is 5.75 Å². The van der Waals surface area contributed by atoms with Crippen LogP contribution in [-0.4, -0.2) is 32.7 Å². The second-order valence-corrected chi connectivity index (χ2v) is 5.48. The molecule has 1 saturated carbocycles. The molecule has 0 atom stereocenters. The molecular formula is C16H24N2O2. The van der Waals surface area contributed by atoms with Crippen molar-refractivity contribution in [1.82, 2.24) is 10.6 Å². The van der Waals surface area contributed by atoms with E-state index in [1.54, 1.807) is 7.11 Å². The molecule has 2 rings (SSSR count). The van der Waals surface area contributed by atoms with E-state index < -0.39 is 0 Å². The lowest BCUT2D eigenvalue weighted by Crippen LogP contribution is -2.35. The molecule has 1 aliphatic rings. The van der Waals surface area contributed by atoms with E-state index >= 15 is 0 Å². The molecule has 2 N–H and O–H groups in total. The molecule has 0 bridgehead atoms. The van der Waals surface area contributed by atoms with Crippen molar-refractivity contribution < 1.29 is 9.53 Å². The number of carbonyl (C=O) groups is 1. The van der Waals surface area contributed by atoms with E-state index in [9.17, 15) is 4.79 Å². The van der Waals surface area contributed by atoms with Crippen LogP contribution < -0.4 is 15.4 Å². The molecular weight excluding hydrogens is 252 g/mol. The molecule has 1 fully saturated rings.